The van der Waals surface area contributed by atoms with Crippen LogP contribution in [0.4, 0.5) is 16.2 Å². The lowest BCUT2D eigenvalue weighted by molar-refractivity contribution is -0.149. The summed E-state index contributed by atoms with van der Waals surface area (Å²) < 4.78 is 52.2. The van der Waals surface area contributed by atoms with Crippen molar-refractivity contribution >= 4 is 65.1 Å². The number of aliphatic hydroxyl groups is 1. The Bertz CT molecular complexity index is 1340. The largest absolute Gasteiger partial charge is 0.462 e. The fourth-order valence-electron chi connectivity index (χ4n) is 3.65. The number of alkyl halides is 2. The Morgan fingerprint density at radius 2 is 1.98 bits per heavy atom. The third-order valence-electron chi connectivity index (χ3n) is 5.75. The van der Waals surface area contributed by atoms with Crippen molar-refractivity contribution in [3.8, 4) is 0 Å². The fourth-order valence-corrected chi connectivity index (χ4v) is 6.33. The van der Waals surface area contributed by atoms with E-state index in [1.807, 2.05) is 0 Å². The molecule has 0 saturated carbocycles. The summed E-state index contributed by atoms with van der Waals surface area (Å²) in [7, 11) is -4.33. The van der Waals surface area contributed by atoms with Gasteiger partial charge in [-0.3, -0.25) is 23.2 Å². The highest BCUT2D eigenvalue weighted by Crippen LogP contribution is 2.49. The maximum atomic E-state index is 15.7. The number of ether oxygens (including phenoxy) is 2. The molecule has 3 heterocycles. The summed E-state index contributed by atoms with van der Waals surface area (Å²) in [6, 6.07) is -1.15. The smallest absolute Gasteiger partial charge is 0.406 e. The van der Waals surface area contributed by atoms with Crippen molar-refractivity contribution in [3.63, 3.8) is 0 Å². The number of nitrogens with zero attached hydrogens (tertiary/aromatic N) is 4. The highest BCUT2D eigenvalue weighted by molar-refractivity contribution is 8.13. The van der Waals surface area contributed by atoms with E-state index in [1.54, 1.807) is 34.6 Å². The number of aliphatic hydroxyl groups excluding tert-OH is 1. The predicted octanol–water partition coefficient (Wildman–Crippen LogP) is 2.53. The number of esters is 1. The molecule has 0 aliphatic carbocycles. The molecule has 2 aromatic heterocycles. The minimum Gasteiger partial charge on any atom is -0.462 e. The number of fused-ring (bicyclic) bond motifs is 1. The van der Waals surface area contributed by atoms with E-state index in [0.717, 1.165) is 22.7 Å². The van der Waals surface area contributed by atoms with Gasteiger partial charge in [0, 0.05) is 11.2 Å². The summed E-state index contributed by atoms with van der Waals surface area (Å²) in [5.41, 5.74) is 11.0. The molecule has 6 N–H and O–H groups in total. The van der Waals surface area contributed by atoms with Gasteiger partial charge in [-0.15, -0.1) is 0 Å². The molecular weight excluding hydrogens is 620 g/mol. The fraction of sp³-hybridized carbons (Fsp3) is 0.696. The van der Waals surface area contributed by atoms with E-state index in [1.165, 1.54) is 6.92 Å². The van der Waals surface area contributed by atoms with E-state index >= 15 is 4.39 Å². The monoisotopic (exact) mass is 655 g/mol. The Labute approximate surface area is 251 Å². The van der Waals surface area contributed by atoms with Crippen molar-refractivity contribution in [2.45, 2.75) is 77.3 Å². The third kappa shape index (κ3) is 8.08. The maximum Gasteiger partial charge on any atom is 0.406 e. The molecule has 1 saturated heterocycles. The number of carbonyl (C=O) groups excluding carboxylic acids is 2. The first-order valence-corrected chi connectivity index (χ1v) is 15.8. The van der Waals surface area contributed by atoms with Crippen molar-refractivity contribution < 1.29 is 42.2 Å². The number of imidazole rings is 1. The first-order chi connectivity index (χ1) is 19.4. The van der Waals surface area contributed by atoms with E-state index in [-0.39, 0.29) is 40.4 Å². The van der Waals surface area contributed by atoms with E-state index in [2.05, 4.69) is 20.0 Å². The minimum atomic E-state index is -4.33. The van der Waals surface area contributed by atoms with Gasteiger partial charge >= 0.3 is 13.7 Å². The number of aromatic nitrogens is 4. The average molecular weight is 656 g/mol. The molecule has 0 spiro atoms. The number of hydrogen-bond donors (Lipinski definition) is 4. The van der Waals surface area contributed by atoms with Crippen LogP contribution in [0.1, 0.15) is 47.8 Å². The molecule has 0 bridgehead atoms. The molecule has 236 valence electrons. The topological polar surface area (TPSA) is 216 Å². The third-order valence-corrected chi connectivity index (χ3v) is 9.12. The van der Waals surface area contributed by atoms with Gasteiger partial charge in [0.25, 0.3) is 5.13 Å². The van der Waals surface area contributed by atoms with E-state index in [0.29, 0.717) is 0 Å². The van der Waals surface area contributed by atoms with Crippen LogP contribution in [-0.2, 0) is 32.7 Å². The molecule has 0 amide bonds. The van der Waals surface area contributed by atoms with Gasteiger partial charge in [-0.1, -0.05) is 44.1 Å². The molecule has 1 fully saturated rings. The molecule has 3 rings (SSSR count). The highest BCUT2D eigenvalue weighted by Gasteiger charge is 2.58. The van der Waals surface area contributed by atoms with Gasteiger partial charge in [-0.2, -0.15) is 9.97 Å². The summed E-state index contributed by atoms with van der Waals surface area (Å²) in [5, 5.41) is 10.1. The van der Waals surface area contributed by atoms with Crippen molar-refractivity contribution in [3.05, 3.63) is 6.33 Å². The molecule has 1 aliphatic heterocycles. The van der Waals surface area contributed by atoms with Crippen LogP contribution >= 0.6 is 31.1 Å². The zero-order valence-corrected chi connectivity index (χ0v) is 26.4. The Balaban J connectivity index is 1.76. The zero-order chi connectivity index (χ0) is 31.6. The van der Waals surface area contributed by atoms with Gasteiger partial charge in [-0.05, 0) is 20.8 Å². The lowest BCUT2D eigenvalue weighted by Crippen LogP contribution is -2.39. The van der Waals surface area contributed by atoms with Crippen LogP contribution < -0.4 is 16.6 Å². The van der Waals surface area contributed by atoms with Crippen LogP contribution in [0.15, 0.2) is 6.33 Å². The van der Waals surface area contributed by atoms with Gasteiger partial charge in [0.2, 0.25) is 5.95 Å². The number of carbonyl (C=O) groups is 2. The Morgan fingerprint density at radius 1 is 1.31 bits per heavy atom. The van der Waals surface area contributed by atoms with Crippen molar-refractivity contribution in [2.24, 2.45) is 5.41 Å². The minimum absolute atomic E-state index is 0.00286. The van der Waals surface area contributed by atoms with Gasteiger partial charge < -0.3 is 26.0 Å². The normalized spacial score (nSPS) is 25.0. The highest BCUT2D eigenvalue weighted by atomic mass is 35.5. The van der Waals surface area contributed by atoms with Gasteiger partial charge in [0.1, 0.15) is 23.8 Å². The zero-order valence-electron chi connectivity index (χ0n) is 23.9. The molecule has 0 unspecified atom stereocenters. The Morgan fingerprint density at radius 3 is 2.60 bits per heavy atom. The van der Waals surface area contributed by atoms with Crippen LogP contribution in [0.2, 0.25) is 0 Å². The second-order valence-corrected chi connectivity index (χ2v) is 14.2. The average Bonchev–Trinajstić information content (AvgIpc) is 3.37. The molecule has 42 heavy (non-hydrogen) atoms. The summed E-state index contributed by atoms with van der Waals surface area (Å²) >= 11 is 7.05. The number of hydrogen-bond acceptors (Lipinski definition) is 14. The molecule has 2 aromatic rings. The van der Waals surface area contributed by atoms with Crippen molar-refractivity contribution in [1.29, 1.82) is 0 Å². The van der Waals surface area contributed by atoms with Crippen LogP contribution in [-0.4, -0.2) is 84.2 Å². The second-order valence-electron chi connectivity index (χ2n) is 10.8. The van der Waals surface area contributed by atoms with Crippen LogP contribution in [0.5, 0.6) is 0 Å². The van der Waals surface area contributed by atoms with Crippen LogP contribution in [0, 0.1) is 5.41 Å². The molecule has 19 heteroatoms. The SMILES string of the molecule is CC(C)OC(=O)[C@H](C)N[P@](=O)(OCCSC(=O)C(C)(C)C)OC[C@H]1O[C@@H](n2cnc3c(N)nc(N)nc32)[C@@](F)(Cl)[C@@H]1O. The first kappa shape index (κ1) is 34.4. The summed E-state index contributed by atoms with van der Waals surface area (Å²) in [4.78, 5) is 36.4. The Hall–Kier alpha value is -2.11. The number of nitrogens with one attached hydrogen (secondary N) is 1. The van der Waals surface area contributed by atoms with Gasteiger partial charge in [0.05, 0.1) is 25.6 Å². The first-order valence-electron chi connectivity index (χ1n) is 12.9. The lowest BCUT2D eigenvalue weighted by atomic mass is 10.00. The standard InChI is InChI=1S/C23H36ClFN7O8PS/c1-11(2)39-18(34)12(3)31-41(36,37-7-8-42-20(35)22(4,5)6)38-9-13-15(33)23(24,25)19(40-13)32-10-28-14-16(26)29-21(27)30-17(14)32/h10-13,15,19,33H,7-9H2,1-6H3,(H,31,36)(H4,26,27,29,30)/t12-,13+,15+,19+,23+,41-/m0/s1. The molecule has 1 aliphatic rings. The summed E-state index contributed by atoms with van der Waals surface area (Å²) in [6.45, 7) is 9.03. The molecule has 0 radical (unpaired) electrons. The van der Waals surface area contributed by atoms with E-state index < -0.39 is 61.4 Å². The number of rotatable bonds is 12. The van der Waals surface area contributed by atoms with Gasteiger partial charge in [-0.25, -0.2) is 19.0 Å². The number of halogens is 2. The molecule has 15 nitrogen and oxygen atoms in total. The number of nitrogen functional groups attached to an aromatic ring is 2. The van der Waals surface area contributed by atoms with Crippen LogP contribution in [0.25, 0.3) is 11.2 Å². The van der Waals surface area contributed by atoms with Crippen molar-refractivity contribution in [1.82, 2.24) is 24.6 Å². The second kappa shape index (κ2) is 13.3. The summed E-state index contributed by atoms with van der Waals surface area (Å²) in [6.07, 6.45) is -4.46. The van der Waals surface area contributed by atoms with Crippen molar-refractivity contribution in [2.75, 3.05) is 30.4 Å². The number of nitrogens with two attached hydrogens (primary N) is 2. The maximum absolute atomic E-state index is 15.7. The number of thioether (sulfide) groups is 1. The van der Waals surface area contributed by atoms with Crippen LogP contribution in [0.3, 0.4) is 0 Å². The molecule has 6 atom stereocenters. The van der Waals surface area contributed by atoms with E-state index in [9.17, 15) is 19.3 Å². The van der Waals surface area contributed by atoms with Gasteiger partial charge in [0.15, 0.2) is 22.8 Å². The lowest BCUT2D eigenvalue weighted by Gasteiger charge is -2.25. The Kier molecular flexibility index (Phi) is 10.9. The predicted molar refractivity (Wildman–Crippen MR) is 154 cm³/mol. The molecule has 0 aromatic carbocycles. The number of anilines is 2. The molecular formula is C23H36ClFN7O8PS. The quantitative estimate of drug-likeness (QED) is 0.112. The summed E-state index contributed by atoms with van der Waals surface area (Å²) in [5.74, 6) is -0.887. The van der Waals surface area contributed by atoms with E-state index in [4.69, 9.17) is 41.6 Å².